The van der Waals surface area contributed by atoms with Crippen molar-refractivity contribution in [1.82, 2.24) is 0 Å². The first kappa shape index (κ1) is 16.8. The van der Waals surface area contributed by atoms with Crippen molar-refractivity contribution >= 4 is 22.6 Å². The van der Waals surface area contributed by atoms with Crippen LogP contribution in [0.4, 0.5) is 5.69 Å². The van der Waals surface area contributed by atoms with Crippen LogP contribution >= 0.6 is 0 Å². The van der Waals surface area contributed by atoms with Crippen molar-refractivity contribution in [2.24, 2.45) is 0 Å². The summed E-state index contributed by atoms with van der Waals surface area (Å²) in [5, 5.41) is 0.676. The van der Waals surface area contributed by atoms with Crippen LogP contribution in [-0.2, 0) is 0 Å². The van der Waals surface area contributed by atoms with Crippen molar-refractivity contribution in [3.8, 4) is 5.75 Å². The van der Waals surface area contributed by atoms with E-state index in [4.69, 9.17) is 9.15 Å². The van der Waals surface area contributed by atoms with Crippen molar-refractivity contribution < 1.29 is 13.9 Å². The van der Waals surface area contributed by atoms with Gasteiger partial charge in [0.1, 0.15) is 16.9 Å². The Kier molecular flexibility index (Phi) is 4.84. The van der Waals surface area contributed by atoms with E-state index in [1.807, 2.05) is 44.2 Å². The summed E-state index contributed by atoms with van der Waals surface area (Å²) in [5.41, 5.74) is 0.499. The molecule has 128 valence electrons. The molecule has 1 aromatic heterocycles. The molecule has 0 saturated heterocycles. The van der Waals surface area contributed by atoms with Gasteiger partial charge in [-0.2, -0.15) is 0 Å². The molecule has 0 unspecified atom stereocenters. The van der Waals surface area contributed by atoms with Crippen LogP contribution in [0.5, 0.6) is 5.75 Å². The molecule has 0 aliphatic heterocycles. The van der Waals surface area contributed by atoms with Crippen molar-refractivity contribution in [3.63, 3.8) is 0 Å². The minimum Gasteiger partial charge on any atom is -0.494 e. The summed E-state index contributed by atoms with van der Waals surface area (Å²) in [5.74, 6) is 0.245. The van der Waals surface area contributed by atoms with E-state index >= 15 is 0 Å². The molecular weight excluding hydrogens is 318 g/mol. The molecule has 25 heavy (non-hydrogen) atoms. The summed E-state index contributed by atoms with van der Waals surface area (Å²) < 4.78 is 10.8. The zero-order valence-corrected chi connectivity index (χ0v) is 14.2. The van der Waals surface area contributed by atoms with Crippen molar-refractivity contribution in [1.29, 1.82) is 0 Å². The van der Waals surface area contributed by atoms with Crippen LogP contribution in [0.2, 0.25) is 0 Å². The predicted octanol–water partition coefficient (Wildman–Crippen LogP) is 3.86. The summed E-state index contributed by atoms with van der Waals surface area (Å²) in [6, 6.07) is 16.0. The second-order valence-electron chi connectivity index (χ2n) is 5.47. The average Bonchev–Trinajstić information content (AvgIpc) is 2.63. The molecule has 0 N–H and O–H groups in total. The number of para-hydroxylation sites is 1. The van der Waals surface area contributed by atoms with Crippen LogP contribution in [0.1, 0.15) is 24.2 Å². The monoisotopic (exact) mass is 337 g/mol. The molecule has 0 saturated carbocycles. The third-order valence-corrected chi connectivity index (χ3v) is 3.88. The number of rotatable bonds is 5. The highest BCUT2D eigenvalue weighted by Gasteiger charge is 2.21. The Morgan fingerprint density at radius 1 is 1.08 bits per heavy atom. The molecule has 0 fully saturated rings. The van der Waals surface area contributed by atoms with E-state index in [9.17, 15) is 9.59 Å². The van der Waals surface area contributed by atoms with Gasteiger partial charge in [0.25, 0.3) is 5.91 Å². The van der Waals surface area contributed by atoms with Crippen LogP contribution < -0.4 is 15.3 Å². The number of amides is 1. The summed E-state index contributed by atoms with van der Waals surface area (Å²) in [4.78, 5) is 26.7. The molecule has 0 aliphatic carbocycles. The largest absolute Gasteiger partial charge is 0.494 e. The molecule has 1 amide bonds. The molecule has 5 nitrogen and oxygen atoms in total. The minimum atomic E-state index is -0.652. The zero-order chi connectivity index (χ0) is 17.8. The quantitative estimate of drug-likeness (QED) is 0.663. The number of benzene rings is 2. The lowest BCUT2D eigenvalue weighted by Gasteiger charge is -2.20. The molecule has 0 bridgehead atoms. The summed E-state index contributed by atoms with van der Waals surface area (Å²) in [6.45, 7) is 4.71. The Morgan fingerprint density at radius 2 is 1.84 bits per heavy atom. The summed E-state index contributed by atoms with van der Waals surface area (Å²) in [6.07, 6.45) is 0. The van der Waals surface area contributed by atoms with Gasteiger partial charge in [-0.15, -0.1) is 0 Å². The number of ether oxygens (including phenoxy) is 1. The first-order valence-electron chi connectivity index (χ1n) is 8.21. The predicted molar refractivity (Wildman–Crippen MR) is 97.4 cm³/mol. The van der Waals surface area contributed by atoms with Gasteiger partial charge in [-0.25, -0.2) is 4.79 Å². The fraction of sp³-hybridized carbons (Fsp3) is 0.200. The van der Waals surface area contributed by atoms with E-state index in [2.05, 4.69) is 0 Å². The summed E-state index contributed by atoms with van der Waals surface area (Å²) in [7, 11) is 0. The van der Waals surface area contributed by atoms with Gasteiger partial charge in [-0.3, -0.25) is 4.79 Å². The Hall–Kier alpha value is -3.08. The standard InChI is InChI=1S/C20H19NO4/c1-3-21(15-8-6-5-7-9-15)19(22)17-12-14-10-11-16(24-4-2)13-18(14)25-20(17)23/h5-13H,3-4H2,1-2H3. The lowest BCUT2D eigenvalue weighted by molar-refractivity contribution is 0.0985. The van der Waals surface area contributed by atoms with E-state index in [0.29, 0.717) is 29.9 Å². The fourth-order valence-corrected chi connectivity index (χ4v) is 2.69. The third-order valence-electron chi connectivity index (χ3n) is 3.88. The van der Waals surface area contributed by atoms with Gasteiger partial charge in [-0.1, -0.05) is 18.2 Å². The van der Waals surface area contributed by atoms with Gasteiger partial charge >= 0.3 is 5.63 Å². The van der Waals surface area contributed by atoms with E-state index in [0.717, 1.165) is 5.69 Å². The lowest BCUT2D eigenvalue weighted by Crippen LogP contribution is -2.33. The van der Waals surface area contributed by atoms with Crippen molar-refractivity contribution in [2.75, 3.05) is 18.1 Å². The number of hydrogen-bond donors (Lipinski definition) is 0. The Morgan fingerprint density at radius 3 is 2.52 bits per heavy atom. The van der Waals surface area contributed by atoms with E-state index in [-0.39, 0.29) is 11.5 Å². The number of anilines is 1. The highest BCUT2D eigenvalue weighted by molar-refractivity contribution is 6.07. The van der Waals surface area contributed by atoms with Crippen LogP contribution in [0.3, 0.4) is 0 Å². The number of fused-ring (bicyclic) bond motifs is 1. The van der Waals surface area contributed by atoms with Gasteiger partial charge in [0.05, 0.1) is 6.61 Å². The second kappa shape index (κ2) is 7.21. The molecule has 3 aromatic rings. The van der Waals surface area contributed by atoms with Gasteiger partial charge in [0.2, 0.25) is 0 Å². The maximum absolute atomic E-state index is 12.9. The Balaban J connectivity index is 2.02. The molecule has 5 heteroatoms. The zero-order valence-electron chi connectivity index (χ0n) is 14.2. The molecule has 1 heterocycles. The average molecular weight is 337 g/mol. The normalized spacial score (nSPS) is 10.6. The molecule has 0 spiro atoms. The van der Waals surface area contributed by atoms with Gasteiger partial charge < -0.3 is 14.1 Å². The first-order valence-corrected chi connectivity index (χ1v) is 8.21. The number of carbonyl (C=O) groups excluding carboxylic acids is 1. The lowest BCUT2D eigenvalue weighted by atomic mass is 10.1. The van der Waals surface area contributed by atoms with Gasteiger partial charge in [0, 0.05) is 23.7 Å². The number of hydrogen-bond acceptors (Lipinski definition) is 4. The van der Waals surface area contributed by atoms with Crippen molar-refractivity contribution in [2.45, 2.75) is 13.8 Å². The van der Waals surface area contributed by atoms with E-state index < -0.39 is 5.63 Å². The maximum Gasteiger partial charge on any atom is 0.349 e. The molecule has 3 rings (SSSR count). The molecule has 2 aromatic carbocycles. The van der Waals surface area contributed by atoms with Gasteiger partial charge in [0.15, 0.2) is 0 Å². The first-order chi connectivity index (χ1) is 12.1. The smallest absolute Gasteiger partial charge is 0.349 e. The topological polar surface area (TPSA) is 59.8 Å². The number of nitrogens with zero attached hydrogens (tertiary/aromatic N) is 1. The molecule has 0 radical (unpaired) electrons. The fourth-order valence-electron chi connectivity index (χ4n) is 2.69. The number of carbonyl (C=O) groups is 1. The molecule has 0 aliphatic rings. The molecule has 0 atom stereocenters. The second-order valence-corrected chi connectivity index (χ2v) is 5.47. The van der Waals surface area contributed by atoms with Crippen molar-refractivity contribution in [3.05, 3.63) is 70.6 Å². The van der Waals surface area contributed by atoms with E-state index in [1.54, 1.807) is 29.2 Å². The third kappa shape index (κ3) is 3.40. The van der Waals surface area contributed by atoms with Crippen LogP contribution in [-0.4, -0.2) is 19.1 Å². The van der Waals surface area contributed by atoms with Crippen LogP contribution in [0.15, 0.2) is 63.8 Å². The Labute approximate surface area is 145 Å². The maximum atomic E-state index is 12.9. The van der Waals surface area contributed by atoms with Crippen LogP contribution in [0, 0.1) is 0 Å². The van der Waals surface area contributed by atoms with Crippen LogP contribution in [0.25, 0.3) is 11.0 Å². The SMILES string of the molecule is CCOc1ccc2cc(C(=O)N(CC)c3ccccc3)c(=O)oc2c1. The van der Waals surface area contributed by atoms with E-state index in [1.165, 1.54) is 0 Å². The highest BCUT2D eigenvalue weighted by atomic mass is 16.5. The minimum absolute atomic E-state index is 0.0161. The van der Waals surface area contributed by atoms with Gasteiger partial charge in [-0.05, 0) is 44.2 Å². The molecular formula is C20H19NO4. The Bertz CT molecular complexity index is 947. The summed E-state index contributed by atoms with van der Waals surface area (Å²) >= 11 is 0. The highest BCUT2D eigenvalue weighted by Crippen LogP contribution is 2.22.